The minimum absolute atomic E-state index is 0.212. The fraction of sp³-hybridized carbons (Fsp3) is 0.875. The lowest BCUT2D eigenvalue weighted by Gasteiger charge is -2.37. The van der Waals surface area contributed by atoms with Crippen LogP contribution < -0.4 is 0 Å². The number of carbonyl (C=O) groups excluding carboxylic acids is 2. The Hall–Kier alpha value is -1.58. The van der Waals surface area contributed by atoms with Gasteiger partial charge in [-0.1, -0.05) is 38.5 Å². The van der Waals surface area contributed by atoms with Crippen molar-refractivity contribution in [3.63, 3.8) is 0 Å². The van der Waals surface area contributed by atoms with Gasteiger partial charge >= 0.3 is 42.9 Å². The molecule has 2 rings (SSSR count). The zero-order chi connectivity index (χ0) is 24.5. The highest BCUT2D eigenvalue weighted by Crippen LogP contribution is 2.36. The van der Waals surface area contributed by atoms with Gasteiger partial charge < -0.3 is 0 Å². The Morgan fingerprint density at radius 3 is 1.03 bits per heavy atom. The van der Waals surface area contributed by atoms with Gasteiger partial charge in [0.25, 0.3) is 0 Å². The lowest BCUT2D eigenvalue weighted by molar-refractivity contribution is -0.150. The van der Waals surface area contributed by atoms with Crippen molar-refractivity contribution >= 4 is 31.9 Å². The number of hydrogen-bond donors (Lipinski definition) is 0. The Morgan fingerprint density at radius 2 is 0.812 bits per heavy atom. The summed E-state index contributed by atoms with van der Waals surface area (Å²) in [5, 5.41) is 0. The second-order valence-electron chi connectivity index (χ2n) is 7.69. The molecule has 0 aliphatic heterocycles. The van der Waals surface area contributed by atoms with Crippen LogP contribution in [0.4, 0.5) is 26.3 Å². The van der Waals surface area contributed by atoms with Crippen LogP contribution in [-0.2, 0) is 29.6 Å². The fourth-order valence-electron chi connectivity index (χ4n) is 3.99. The quantitative estimate of drug-likeness (QED) is 0.420. The van der Waals surface area contributed by atoms with Crippen LogP contribution in [0.2, 0.25) is 0 Å². The van der Waals surface area contributed by atoms with E-state index in [9.17, 15) is 52.8 Å². The van der Waals surface area contributed by atoms with Crippen molar-refractivity contribution in [3.8, 4) is 0 Å². The number of amides is 2. The maximum absolute atomic E-state index is 13.2. The summed E-state index contributed by atoms with van der Waals surface area (Å²) in [6.07, 6.45) is 0.879. The molecule has 186 valence electrons. The molecule has 2 aliphatic rings. The van der Waals surface area contributed by atoms with Crippen molar-refractivity contribution in [1.82, 2.24) is 8.61 Å². The monoisotopic (exact) mass is 516 g/mol. The average molecular weight is 516 g/mol. The van der Waals surface area contributed by atoms with Crippen LogP contribution in [0, 0.1) is 0 Å². The van der Waals surface area contributed by atoms with Gasteiger partial charge in [-0.3, -0.25) is 9.59 Å². The predicted octanol–water partition coefficient (Wildman–Crippen LogP) is 3.01. The molecule has 32 heavy (non-hydrogen) atoms. The van der Waals surface area contributed by atoms with E-state index in [4.69, 9.17) is 0 Å². The molecule has 0 aromatic rings. The Bertz CT molecular complexity index is 844. The zero-order valence-electron chi connectivity index (χ0n) is 16.7. The molecule has 8 nitrogen and oxygen atoms in total. The van der Waals surface area contributed by atoms with Crippen LogP contribution >= 0.6 is 0 Å². The molecule has 2 saturated carbocycles. The van der Waals surface area contributed by atoms with Crippen molar-refractivity contribution in [3.05, 3.63) is 0 Å². The van der Waals surface area contributed by atoms with Gasteiger partial charge in [-0.05, 0) is 25.7 Å². The number of nitrogens with zero attached hydrogens (tertiary/aromatic N) is 2. The van der Waals surface area contributed by atoms with Crippen molar-refractivity contribution in [2.45, 2.75) is 87.3 Å². The van der Waals surface area contributed by atoms with E-state index < -0.39 is 63.6 Å². The van der Waals surface area contributed by atoms with E-state index in [0.29, 0.717) is 12.8 Å². The van der Waals surface area contributed by atoms with Gasteiger partial charge in [0.15, 0.2) is 0 Å². The molecule has 2 amide bonds. The van der Waals surface area contributed by atoms with Crippen molar-refractivity contribution in [2.24, 2.45) is 0 Å². The van der Waals surface area contributed by atoms with E-state index in [1.165, 1.54) is 0 Å². The lowest BCUT2D eigenvalue weighted by Crippen LogP contribution is -2.59. The Morgan fingerprint density at radius 1 is 0.562 bits per heavy atom. The third-order valence-electron chi connectivity index (χ3n) is 5.50. The first-order valence-corrected chi connectivity index (χ1v) is 12.7. The molecular formula is C16H22F6N2O6S2. The first kappa shape index (κ1) is 26.7. The fourth-order valence-corrected chi connectivity index (χ4v) is 6.23. The van der Waals surface area contributed by atoms with Gasteiger partial charge in [0.1, 0.15) is 0 Å². The lowest BCUT2D eigenvalue weighted by atomic mass is 9.95. The zero-order valence-corrected chi connectivity index (χ0v) is 18.3. The number of hydrogen-bond acceptors (Lipinski definition) is 6. The predicted molar refractivity (Wildman–Crippen MR) is 97.4 cm³/mol. The van der Waals surface area contributed by atoms with E-state index in [-0.39, 0.29) is 51.4 Å². The van der Waals surface area contributed by atoms with Crippen LogP contribution in [-0.4, -0.2) is 60.4 Å². The number of halogens is 6. The molecule has 0 radical (unpaired) electrons. The second-order valence-corrected chi connectivity index (χ2v) is 11.3. The van der Waals surface area contributed by atoms with Crippen LogP contribution in [0.3, 0.4) is 0 Å². The van der Waals surface area contributed by atoms with Gasteiger partial charge in [-0.2, -0.15) is 43.2 Å². The van der Waals surface area contributed by atoms with E-state index >= 15 is 0 Å². The number of sulfonamides is 2. The van der Waals surface area contributed by atoms with E-state index in [2.05, 4.69) is 0 Å². The third kappa shape index (κ3) is 5.15. The van der Waals surface area contributed by atoms with E-state index in [1.807, 2.05) is 0 Å². The molecule has 0 atom stereocenters. The van der Waals surface area contributed by atoms with Crippen molar-refractivity contribution in [2.75, 3.05) is 0 Å². The van der Waals surface area contributed by atoms with Gasteiger partial charge in [0.05, 0.1) is 0 Å². The summed E-state index contributed by atoms with van der Waals surface area (Å²) in [6.45, 7) is 0. The van der Waals surface area contributed by atoms with Crippen molar-refractivity contribution in [1.29, 1.82) is 0 Å². The Balaban J connectivity index is 2.57. The Labute approximate surface area is 181 Å². The highest BCUT2D eigenvalue weighted by atomic mass is 32.2. The highest BCUT2D eigenvalue weighted by molar-refractivity contribution is 7.91. The molecule has 0 aromatic heterocycles. The summed E-state index contributed by atoms with van der Waals surface area (Å²) in [6, 6.07) is -3.26. The summed E-state index contributed by atoms with van der Waals surface area (Å²) in [5.41, 5.74) is -12.1. The molecule has 0 heterocycles. The van der Waals surface area contributed by atoms with Gasteiger partial charge in [-0.25, -0.2) is 8.61 Å². The molecule has 0 aromatic carbocycles. The summed E-state index contributed by atoms with van der Waals surface area (Å²) in [7, 11) is -12.9. The molecule has 0 unspecified atom stereocenters. The SMILES string of the molecule is O=C(C(=O)N(C1CCCCC1)S(=O)(=O)C(F)(F)F)N(C1CCCCC1)S(=O)(=O)C(F)(F)F. The van der Waals surface area contributed by atoms with Gasteiger partial charge in [0, 0.05) is 12.1 Å². The number of rotatable bonds is 4. The smallest absolute Gasteiger partial charge is 0.262 e. The van der Waals surface area contributed by atoms with Crippen LogP contribution in [0.5, 0.6) is 0 Å². The second kappa shape index (κ2) is 9.35. The standard InChI is InChI=1S/C16H22F6N2O6S2/c17-15(18,19)31(27,28)23(11-7-3-1-4-8-11)13(25)14(26)24(12-9-5-2-6-10-12)32(29,30)16(20,21)22/h11-12H,1-10H2. The minimum Gasteiger partial charge on any atom is -0.262 e. The van der Waals surface area contributed by atoms with Gasteiger partial charge in [0.2, 0.25) is 0 Å². The minimum atomic E-state index is -6.47. The maximum atomic E-state index is 13.2. The molecule has 0 N–H and O–H groups in total. The molecule has 2 aliphatic carbocycles. The summed E-state index contributed by atoms with van der Waals surface area (Å²) in [4.78, 5) is 25.4. The summed E-state index contributed by atoms with van der Waals surface area (Å²) >= 11 is 0. The molecule has 0 bridgehead atoms. The molecular weight excluding hydrogens is 494 g/mol. The normalized spacial score (nSPS) is 20.1. The first-order valence-electron chi connectivity index (χ1n) is 9.83. The summed E-state index contributed by atoms with van der Waals surface area (Å²) in [5.74, 6) is -4.93. The van der Waals surface area contributed by atoms with Crippen LogP contribution in [0.15, 0.2) is 0 Å². The first-order chi connectivity index (χ1) is 14.5. The molecule has 0 spiro atoms. The average Bonchev–Trinajstić information content (AvgIpc) is 2.67. The molecule has 16 heteroatoms. The third-order valence-corrected chi connectivity index (χ3v) is 8.63. The largest absolute Gasteiger partial charge is 0.516 e. The molecule has 0 saturated heterocycles. The van der Waals surface area contributed by atoms with E-state index in [1.54, 1.807) is 0 Å². The number of carbonyl (C=O) groups is 2. The van der Waals surface area contributed by atoms with Crippen LogP contribution in [0.1, 0.15) is 64.2 Å². The molecule has 2 fully saturated rings. The number of alkyl halides is 6. The Kier molecular flexibility index (Phi) is 7.79. The van der Waals surface area contributed by atoms with Gasteiger partial charge in [-0.15, -0.1) is 0 Å². The topological polar surface area (TPSA) is 109 Å². The van der Waals surface area contributed by atoms with Crippen LogP contribution in [0.25, 0.3) is 0 Å². The summed E-state index contributed by atoms with van der Waals surface area (Å²) < 4.78 is 126. The highest BCUT2D eigenvalue weighted by Gasteiger charge is 2.59. The maximum Gasteiger partial charge on any atom is 0.516 e. The van der Waals surface area contributed by atoms with E-state index in [0.717, 1.165) is 0 Å². The van der Waals surface area contributed by atoms with Crippen molar-refractivity contribution < 1.29 is 52.8 Å².